The lowest BCUT2D eigenvalue weighted by molar-refractivity contribution is 1.37. The van der Waals surface area contributed by atoms with E-state index in [4.69, 9.17) is 0 Å². The molecule has 0 radical (unpaired) electrons. The Kier molecular flexibility index (Phi) is 6.27. The highest BCUT2D eigenvalue weighted by Crippen LogP contribution is 2.33. The Morgan fingerprint density at radius 1 is 0.750 bits per heavy atom. The molecule has 0 aliphatic rings. The highest BCUT2D eigenvalue weighted by atomic mass is 31.1. The number of hydrogen-bond acceptors (Lipinski definition) is 0. The summed E-state index contributed by atoms with van der Waals surface area (Å²) >= 11 is 0. The lowest BCUT2D eigenvalue weighted by atomic mass is 10.3. The average molecular weight is 280 g/mol. The van der Waals surface area contributed by atoms with E-state index in [9.17, 15) is 0 Å². The van der Waals surface area contributed by atoms with Crippen LogP contribution in [-0.2, 0) is 0 Å². The molecule has 2 aromatic carbocycles. The van der Waals surface area contributed by atoms with Crippen LogP contribution in [0.25, 0.3) is 0 Å². The molecule has 20 heavy (non-hydrogen) atoms. The molecule has 0 saturated heterocycles. The van der Waals surface area contributed by atoms with Crippen molar-refractivity contribution < 1.29 is 0 Å². The quantitative estimate of drug-likeness (QED) is 0.534. The van der Waals surface area contributed by atoms with Gasteiger partial charge in [-0.3, -0.25) is 0 Å². The van der Waals surface area contributed by atoms with Gasteiger partial charge >= 0.3 is 0 Å². The van der Waals surface area contributed by atoms with Crippen molar-refractivity contribution in [1.82, 2.24) is 0 Å². The standard InChI is InChI=1S/C19H21P/c1-2-3-4-5-12-17-20(18-13-8-6-9-14-18)19-15-10-7-11-16-19/h2-3,5-16H,4,17H2,1H3. The lowest BCUT2D eigenvalue weighted by Crippen LogP contribution is -2.12. The van der Waals surface area contributed by atoms with Gasteiger partial charge in [-0.2, -0.15) is 0 Å². The molecule has 0 saturated carbocycles. The minimum Gasteiger partial charge on any atom is -0.0914 e. The maximum atomic E-state index is 2.33. The molecule has 0 fully saturated rings. The summed E-state index contributed by atoms with van der Waals surface area (Å²) in [6.07, 6.45) is 11.0. The van der Waals surface area contributed by atoms with Gasteiger partial charge in [0.1, 0.15) is 0 Å². The highest BCUT2D eigenvalue weighted by Gasteiger charge is 2.10. The molecule has 0 heterocycles. The van der Waals surface area contributed by atoms with Gasteiger partial charge in [-0.15, -0.1) is 0 Å². The first-order valence-corrected chi connectivity index (χ1v) is 8.58. The van der Waals surface area contributed by atoms with E-state index in [1.807, 2.05) is 0 Å². The second-order valence-corrected chi connectivity index (χ2v) is 6.81. The van der Waals surface area contributed by atoms with Crippen molar-refractivity contribution in [3.63, 3.8) is 0 Å². The van der Waals surface area contributed by atoms with E-state index < -0.39 is 0 Å². The van der Waals surface area contributed by atoms with Crippen LogP contribution in [0.3, 0.4) is 0 Å². The van der Waals surface area contributed by atoms with Crippen molar-refractivity contribution in [2.75, 3.05) is 6.16 Å². The predicted octanol–water partition coefficient (Wildman–Crippen LogP) is 4.64. The molecule has 0 aliphatic carbocycles. The Morgan fingerprint density at radius 2 is 1.30 bits per heavy atom. The van der Waals surface area contributed by atoms with Crippen LogP contribution in [0, 0.1) is 0 Å². The van der Waals surface area contributed by atoms with Crippen LogP contribution in [-0.4, -0.2) is 6.16 Å². The molecule has 2 rings (SSSR count). The van der Waals surface area contributed by atoms with Crippen molar-refractivity contribution in [2.45, 2.75) is 13.3 Å². The minimum absolute atomic E-state index is 0.283. The molecule has 0 amide bonds. The maximum absolute atomic E-state index is 2.33. The fourth-order valence-corrected chi connectivity index (χ4v) is 4.21. The summed E-state index contributed by atoms with van der Waals surface area (Å²) in [7, 11) is -0.283. The van der Waals surface area contributed by atoms with Gasteiger partial charge in [0, 0.05) is 0 Å². The first-order valence-electron chi connectivity index (χ1n) is 7.05. The van der Waals surface area contributed by atoms with Crippen LogP contribution in [0.2, 0.25) is 0 Å². The van der Waals surface area contributed by atoms with Crippen LogP contribution in [0.1, 0.15) is 13.3 Å². The summed E-state index contributed by atoms with van der Waals surface area (Å²) < 4.78 is 0. The van der Waals surface area contributed by atoms with Gasteiger partial charge in [0.15, 0.2) is 0 Å². The minimum atomic E-state index is -0.283. The number of hydrogen-bond donors (Lipinski definition) is 0. The molecule has 0 aliphatic heterocycles. The smallest absolute Gasteiger partial charge is 0.00641 e. The van der Waals surface area contributed by atoms with E-state index in [1.54, 1.807) is 0 Å². The molecule has 0 aromatic heterocycles. The summed E-state index contributed by atoms with van der Waals surface area (Å²) in [5.41, 5.74) is 0. The van der Waals surface area contributed by atoms with E-state index in [-0.39, 0.29) is 7.92 Å². The van der Waals surface area contributed by atoms with E-state index in [2.05, 4.69) is 91.9 Å². The normalized spacial score (nSPS) is 11.7. The third-order valence-corrected chi connectivity index (χ3v) is 5.52. The van der Waals surface area contributed by atoms with E-state index >= 15 is 0 Å². The largest absolute Gasteiger partial charge is 0.0914 e. The third kappa shape index (κ3) is 4.47. The summed E-state index contributed by atoms with van der Waals surface area (Å²) in [4.78, 5) is 0. The van der Waals surface area contributed by atoms with Crippen LogP contribution in [0.15, 0.2) is 85.0 Å². The topological polar surface area (TPSA) is 0 Å². The SMILES string of the molecule is CC=CCC=CCP(c1ccccc1)c1ccccc1. The molecule has 0 atom stereocenters. The molecular weight excluding hydrogens is 259 g/mol. The first-order chi connectivity index (χ1) is 9.92. The van der Waals surface area contributed by atoms with Gasteiger partial charge in [0.25, 0.3) is 0 Å². The number of benzene rings is 2. The summed E-state index contributed by atoms with van der Waals surface area (Å²) in [5, 5.41) is 2.90. The summed E-state index contributed by atoms with van der Waals surface area (Å²) in [6.45, 7) is 2.06. The molecule has 0 bridgehead atoms. The second-order valence-electron chi connectivity index (χ2n) is 4.56. The molecule has 1 heteroatoms. The Bertz CT molecular complexity index is 501. The zero-order valence-corrected chi connectivity index (χ0v) is 12.8. The zero-order chi connectivity index (χ0) is 14.0. The summed E-state index contributed by atoms with van der Waals surface area (Å²) in [6, 6.07) is 21.7. The maximum Gasteiger partial charge on any atom is -0.00641 e. The zero-order valence-electron chi connectivity index (χ0n) is 11.9. The molecule has 0 N–H and O–H groups in total. The number of rotatable bonds is 6. The fraction of sp³-hybridized carbons (Fsp3) is 0.158. The number of allylic oxidation sites excluding steroid dienone is 4. The van der Waals surface area contributed by atoms with Crippen molar-refractivity contribution >= 4 is 18.5 Å². The fourth-order valence-electron chi connectivity index (χ4n) is 2.07. The predicted molar refractivity (Wildman–Crippen MR) is 92.5 cm³/mol. The van der Waals surface area contributed by atoms with Gasteiger partial charge in [0.2, 0.25) is 0 Å². The van der Waals surface area contributed by atoms with Crippen LogP contribution in [0.4, 0.5) is 0 Å². The molecule has 0 spiro atoms. The van der Waals surface area contributed by atoms with E-state index in [0.29, 0.717) is 0 Å². The highest BCUT2D eigenvalue weighted by molar-refractivity contribution is 7.73. The Morgan fingerprint density at radius 3 is 1.80 bits per heavy atom. The van der Waals surface area contributed by atoms with Gasteiger partial charge in [-0.25, -0.2) is 0 Å². The van der Waals surface area contributed by atoms with Crippen molar-refractivity contribution in [3.8, 4) is 0 Å². The molecule has 2 aromatic rings. The Labute approximate surface area is 123 Å². The Hall–Kier alpha value is -1.65. The Balaban J connectivity index is 2.15. The van der Waals surface area contributed by atoms with E-state index in [0.717, 1.165) is 12.6 Å². The van der Waals surface area contributed by atoms with Gasteiger partial charge < -0.3 is 0 Å². The molecular formula is C19H21P. The monoisotopic (exact) mass is 280 g/mol. The molecule has 0 unspecified atom stereocenters. The summed E-state index contributed by atoms with van der Waals surface area (Å²) in [5.74, 6) is 0. The van der Waals surface area contributed by atoms with Crippen molar-refractivity contribution in [3.05, 3.63) is 85.0 Å². The van der Waals surface area contributed by atoms with Gasteiger partial charge in [-0.1, -0.05) is 85.0 Å². The van der Waals surface area contributed by atoms with E-state index in [1.165, 1.54) is 10.6 Å². The van der Waals surface area contributed by atoms with Crippen molar-refractivity contribution in [1.29, 1.82) is 0 Å². The second kappa shape index (κ2) is 8.51. The van der Waals surface area contributed by atoms with Gasteiger partial charge in [0.05, 0.1) is 0 Å². The molecule has 0 nitrogen and oxygen atoms in total. The van der Waals surface area contributed by atoms with Crippen LogP contribution >= 0.6 is 7.92 Å². The molecule has 102 valence electrons. The average Bonchev–Trinajstić information content (AvgIpc) is 2.53. The van der Waals surface area contributed by atoms with Crippen molar-refractivity contribution in [2.24, 2.45) is 0 Å². The third-order valence-electron chi connectivity index (χ3n) is 3.10. The van der Waals surface area contributed by atoms with Crippen LogP contribution in [0.5, 0.6) is 0 Å². The van der Waals surface area contributed by atoms with Gasteiger partial charge in [-0.05, 0) is 38.0 Å². The lowest BCUT2D eigenvalue weighted by Gasteiger charge is -2.16. The first kappa shape index (κ1) is 14.8. The van der Waals surface area contributed by atoms with Crippen LogP contribution < -0.4 is 10.6 Å².